The predicted molar refractivity (Wildman–Crippen MR) is 114 cm³/mol. The summed E-state index contributed by atoms with van der Waals surface area (Å²) in [5.41, 5.74) is 2.65. The molecule has 5 heteroatoms. The van der Waals surface area contributed by atoms with E-state index in [2.05, 4.69) is 17.1 Å². The number of ketones is 1. The van der Waals surface area contributed by atoms with Gasteiger partial charge in [0, 0.05) is 12.6 Å². The molecule has 0 N–H and O–H groups in total. The number of aromatic nitrogens is 2. The number of carbonyl (C=O) groups excluding carboxylic acids is 1. The maximum atomic E-state index is 12.6. The standard InChI is InChI=1S/C23H24N2O2S/c1-25-22(27)19-9-5-6-10-20(19)24-23(25)28-15-21(26)18-13-11-17(12-14-18)16-7-3-2-4-8-16/h5-6,9-14,16H,2-4,7-8,15H2,1H3. The Balaban J connectivity index is 1.46. The fourth-order valence-corrected chi connectivity index (χ4v) is 4.78. The van der Waals surface area contributed by atoms with Crippen molar-refractivity contribution in [1.82, 2.24) is 9.55 Å². The van der Waals surface area contributed by atoms with E-state index in [0.29, 0.717) is 22.0 Å². The highest BCUT2D eigenvalue weighted by Gasteiger charge is 2.16. The normalized spacial score (nSPS) is 15.0. The number of hydrogen-bond donors (Lipinski definition) is 0. The number of hydrogen-bond acceptors (Lipinski definition) is 4. The summed E-state index contributed by atoms with van der Waals surface area (Å²) in [6.07, 6.45) is 6.46. The Morgan fingerprint density at radius 2 is 1.79 bits per heavy atom. The summed E-state index contributed by atoms with van der Waals surface area (Å²) in [4.78, 5) is 29.7. The van der Waals surface area contributed by atoms with E-state index in [1.807, 2.05) is 30.3 Å². The first-order valence-electron chi connectivity index (χ1n) is 9.85. The summed E-state index contributed by atoms with van der Waals surface area (Å²) >= 11 is 1.31. The molecule has 3 aromatic rings. The van der Waals surface area contributed by atoms with Crippen LogP contribution in [0.15, 0.2) is 58.5 Å². The molecule has 144 valence electrons. The lowest BCUT2D eigenvalue weighted by Crippen LogP contribution is -2.20. The Kier molecular flexibility index (Phi) is 5.62. The van der Waals surface area contributed by atoms with E-state index in [4.69, 9.17) is 0 Å². The Hall–Kier alpha value is -2.40. The number of nitrogens with zero attached hydrogens (tertiary/aromatic N) is 2. The summed E-state index contributed by atoms with van der Waals surface area (Å²) in [7, 11) is 1.70. The third kappa shape index (κ3) is 3.90. The van der Waals surface area contributed by atoms with E-state index < -0.39 is 0 Å². The topological polar surface area (TPSA) is 52.0 Å². The van der Waals surface area contributed by atoms with Gasteiger partial charge in [-0.2, -0.15) is 0 Å². The van der Waals surface area contributed by atoms with Gasteiger partial charge in [-0.3, -0.25) is 14.2 Å². The average Bonchev–Trinajstić information content (AvgIpc) is 2.76. The minimum atomic E-state index is -0.0858. The van der Waals surface area contributed by atoms with Gasteiger partial charge in [-0.1, -0.05) is 67.4 Å². The van der Waals surface area contributed by atoms with Gasteiger partial charge in [0.2, 0.25) is 0 Å². The fourth-order valence-electron chi connectivity index (χ4n) is 3.92. The van der Waals surface area contributed by atoms with Crippen molar-refractivity contribution in [3.05, 3.63) is 70.0 Å². The van der Waals surface area contributed by atoms with Crippen molar-refractivity contribution in [2.45, 2.75) is 43.2 Å². The van der Waals surface area contributed by atoms with Gasteiger partial charge in [-0.05, 0) is 36.5 Å². The van der Waals surface area contributed by atoms with E-state index in [9.17, 15) is 9.59 Å². The first kappa shape index (κ1) is 18.9. The maximum Gasteiger partial charge on any atom is 0.261 e. The summed E-state index contributed by atoms with van der Waals surface area (Å²) in [5, 5.41) is 1.16. The molecule has 0 radical (unpaired) electrons. The van der Waals surface area contributed by atoms with Crippen LogP contribution in [0.4, 0.5) is 0 Å². The van der Waals surface area contributed by atoms with E-state index >= 15 is 0 Å². The third-order valence-electron chi connectivity index (χ3n) is 5.58. The molecule has 4 rings (SSSR count). The third-order valence-corrected chi connectivity index (χ3v) is 6.61. The zero-order chi connectivity index (χ0) is 19.5. The van der Waals surface area contributed by atoms with Crippen LogP contribution in [0, 0.1) is 0 Å². The van der Waals surface area contributed by atoms with E-state index in [0.717, 1.165) is 5.56 Å². The van der Waals surface area contributed by atoms with Gasteiger partial charge >= 0.3 is 0 Å². The second kappa shape index (κ2) is 8.31. The molecule has 1 aliphatic carbocycles. The number of thioether (sulfide) groups is 1. The molecule has 28 heavy (non-hydrogen) atoms. The van der Waals surface area contributed by atoms with Crippen molar-refractivity contribution >= 4 is 28.4 Å². The van der Waals surface area contributed by atoms with Gasteiger partial charge in [0.05, 0.1) is 16.7 Å². The molecule has 1 heterocycles. The average molecular weight is 393 g/mol. The Labute approximate surface area is 169 Å². The van der Waals surface area contributed by atoms with Crippen LogP contribution in [-0.2, 0) is 7.05 Å². The van der Waals surface area contributed by atoms with Crippen LogP contribution in [-0.4, -0.2) is 21.1 Å². The van der Waals surface area contributed by atoms with E-state index in [-0.39, 0.29) is 17.1 Å². The molecular weight excluding hydrogens is 368 g/mol. The van der Waals surface area contributed by atoms with Crippen molar-refractivity contribution < 1.29 is 4.79 Å². The second-order valence-corrected chi connectivity index (χ2v) is 8.39. The molecule has 0 bridgehead atoms. The molecule has 4 nitrogen and oxygen atoms in total. The number of rotatable bonds is 5. The highest BCUT2D eigenvalue weighted by molar-refractivity contribution is 7.99. The van der Waals surface area contributed by atoms with E-state index in [1.54, 1.807) is 13.1 Å². The van der Waals surface area contributed by atoms with Crippen molar-refractivity contribution in [3.63, 3.8) is 0 Å². The fraction of sp³-hybridized carbons (Fsp3) is 0.348. The van der Waals surface area contributed by atoms with E-state index in [1.165, 1.54) is 54.0 Å². The first-order chi connectivity index (χ1) is 13.6. The van der Waals surface area contributed by atoms with Crippen molar-refractivity contribution in [1.29, 1.82) is 0 Å². The van der Waals surface area contributed by atoms with Crippen LogP contribution in [0.2, 0.25) is 0 Å². The highest BCUT2D eigenvalue weighted by atomic mass is 32.2. The van der Waals surface area contributed by atoms with Crippen molar-refractivity contribution in [2.75, 3.05) is 5.75 Å². The molecule has 0 saturated heterocycles. The molecule has 1 aromatic heterocycles. The molecule has 0 spiro atoms. The molecule has 1 saturated carbocycles. The van der Waals surface area contributed by atoms with Crippen molar-refractivity contribution in [3.8, 4) is 0 Å². The molecular formula is C23H24N2O2S. The number of carbonyl (C=O) groups is 1. The molecule has 0 amide bonds. The zero-order valence-electron chi connectivity index (χ0n) is 16.1. The van der Waals surface area contributed by atoms with Crippen LogP contribution in [0.25, 0.3) is 10.9 Å². The minimum absolute atomic E-state index is 0.0580. The summed E-state index contributed by atoms with van der Waals surface area (Å²) in [5.74, 6) is 0.965. The summed E-state index contributed by atoms with van der Waals surface area (Å²) in [6.45, 7) is 0. The Morgan fingerprint density at radius 3 is 2.54 bits per heavy atom. The molecule has 0 atom stereocenters. The second-order valence-electron chi connectivity index (χ2n) is 7.44. The monoisotopic (exact) mass is 392 g/mol. The SMILES string of the molecule is Cn1c(SCC(=O)c2ccc(C3CCCCC3)cc2)nc2ccccc2c1=O. The highest BCUT2D eigenvalue weighted by Crippen LogP contribution is 2.32. The maximum absolute atomic E-state index is 12.6. The molecule has 0 aliphatic heterocycles. The lowest BCUT2D eigenvalue weighted by atomic mass is 9.84. The lowest BCUT2D eigenvalue weighted by molar-refractivity contribution is 0.102. The zero-order valence-corrected chi connectivity index (χ0v) is 16.9. The molecule has 0 unspecified atom stereocenters. The molecule has 1 fully saturated rings. The quantitative estimate of drug-likeness (QED) is 0.350. The van der Waals surface area contributed by atoms with Gasteiger partial charge in [-0.15, -0.1) is 0 Å². The van der Waals surface area contributed by atoms with Gasteiger partial charge in [0.1, 0.15) is 0 Å². The minimum Gasteiger partial charge on any atom is -0.293 e. The lowest BCUT2D eigenvalue weighted by Gasteiger charge is -2.22. The predicted octanol–water partition coefficient (Wildman–Crippen LogP) is 4.96. The number of para-hydroxylation sites is 1. The molecule has 2 aromatic carbocycles. The van der Waals surface area contributed by atoms with Gasteiger partial charge in [0.15, 0.2) is 10.9 Å². The number of fused-ring (bicyclic) bond motifs is 1. The van der Waals surface area contributed by atoms with Gasteiger partial charge in [0.25, 0.3) is 5.56 Å². The number of benzene rings is 2. The molecule has 1 aliphatic rings. The van der Waals surface area contributed by atoms with Crippen LogP contribution in [0.5, 0.6) is 0 Å². The summed E-state index contributed by atoms with van der Waals surface area (Å²) in [6, 6.07) is 15.4. The van der Waals surface area contributed by atoms with Crippen LogP contribution >= 0.6 is 11.8 Å². The Morgan fingerprint density at radius 1 is 1.07 bits per heavy atom. The summed E-state index contributed by atoms with van der Waals surface area (Å²) < 4.78 is 1.52. The van der Waals surface area contributed by atoms with Crippen LogP contribution in [0.1, 0.15) is 53.9 Å². The van der Waals surface area contributed by atoms with Crippen LogP contribution < -0.4 is 5.56 Å². The van der Waals surface area contributed by atoms with Crippen molar-refractivity contribution in [2.24, 2.45) is 7.05 Å². The first-order valence-corrected chi connectivity index (χ1v) is 10.8. The number of Topliss-reactive ketones (excluding diaryl/α,β-unsaturated/α-hetero) is 1. The smallest absolute Gasteiger partial charge is 0.261 e. The largest absolute Gasteiger partial charge is 0.293 e. The van der Waals surface area contributed by atoms with Gasteiger partial charge < -0.3 is 0 Å². The van der Waals surface area contributed by atoms with Gasteiger partial charge in [-0.25, -0.2) is 4.98 Å². The Bertz CT molecular complexity index is 1050. The van der Waals surface area contributed by atoms with Crippen LogP contribution in [0.3, 0.4) is 0 Å².